The highest BCUT2D eigenvalue weighted by Crippen LogP contribution is 2.33. The van der Waals surface area contributed by atoms with Crippen molar-refractivity contribution in [2.75, 3.05) is 22.9 Å². The normalized spacial score (nSPS) is 15.6. The zero-order valence-electron chi connectivity index (χ0n) is 17.7. The Labute approximate surface area is 211 Å². The van der Waals surface area contributed by atoms with Crippen LogP contribution in [0.4, 0.5) is 10.8 Å². The summed E-state index contributed by atoms with van der Waals surface area (Å²) in [5.74, 6) is 1.02. The minimum Gasteiger partial charge on any atom is -0.361 e. The van der Waals surface area contributed by atoms with E-state index in [9.17, 15) is 0 Å². The van der Waals surface area contributed by atoms with Gasteiger partial charge in [0, 0.05) is 18.0 Å². The Balaban J connectivity index is 1.12. The first-order valence-electron chi connectivity index (χ1n) is 10.7. The first-order valence-corrected chi connectivity index (χ1v) is 13.3. The molecule has 1 aliphatic heterocycles. The van der Waals surface area contributed by atoms with Crippen LogP contribution >= 0.6 is 46.3 Å². The average molecular weight is 514 g/mol. The zero-order chi connectivity index (χ0) is 22.6. The van der Waals surface area contributed by atoms with Crippen LogP contribution in [0.1, 0.15) is 11.1 Å². The summed E-state index contributed by atoms with van der Waals surface area (Å²) >= 11 is 15.6. The second kappa shape index (κ2) is 10.3. The summed E-state index contributed by atoms with van der Waals surface area (Å²) in [6.07, 6.45) is 1.90. The summed E-state index contributed by atoms with van der Waals surface area (Å²) in [4.78, 5) is 9.44. The molecule has 0 spiro atoms. The van der Waals surface area contributed by atoms with Crippen LogP contribution in [0.3, 0.4) is 0 Å². The SMILES string of the molecule is Clc1cc2nc(NCCc3ccc(NC4=N[C@@H](Cc5ccccc5)CS4)cc3)sc2cc1Cl. The third kappa shape index (κ3) is 5.82. The van der Waals surface area contributed by atoms with Crippen molar-refractivity contribution >= 4 is 72.5 Å². The van der Waals surface area contributed by atoms with E-state index in [4.69, 9.17) is 28.2 Å². The smallest absolute Gasteiger partial charge is 0.183 e. The molecule has 5 rings (SSSR count). The molecule has 1 aromatic heterocycles. The molecular weight excluding hydrogens is 491 g/mol. The lowest BCUT2D eigenvalue weighted by Gasteiger charge is -2.07. The number of thiazole rings is 1. The number of thioether (sulfide) groups is 1. The molecule has 4 nitrogen and oxygen atoms in total. The number of halogens is 2. The van der Waals surface area contributed by atoms with Crippen LogP contribution in [0.15, 0.2) is 71.7 Å². The van der Waals surface area contributed by atoms with Gasteiger partial charge in [-0.15, -0.1) is 0 Å². The first-order chi connectivity index (χ1) is 16.1. The molecule has 0 unspecified atom stereocenters. The molecule has 2 heterocycles. The van der Waals surface area contributed by atoms with Gasteiger partial charge in [-0.1, -0.05) is 88.8 Å². The van der Waals surface area contributed by atoms with Gasteiger partial charge < -0.3 is 10.6 Å². The highest BCUT2D eigenvalue weighted by molar-refractivity contribution is 8.14. The number of hydrogen-bond donors (Lipinski definition) is 2. The van der Waals surface area contributed by atoms with Crippen LogP contribution in [-0.4, -0.2) is 28.5 Å². The van der Waals surface area contributed by atoms with Crippen molar-refractivity contribution in [1.82, 2.24) is 4.98 Å². The Morgan fingerprint density at radius 2 is 1.73 bits per heavy atom. The minimum absolute atomic E-state index is 0.333. The van der Waals surface area contributed by atoms with Gasteiger partial charge in [-0.2, -0.15) is 0 Å². The summed E-state index contributed by atoms with van der Waals surface area (Å²) in [6.45, 7) is 0.803. The summed E-state index contributed by atoms with van der Waals surface area (Å²) in [5.41, 5.74) is 4.54. The van der Waals surface area contributed by atoms with E-state index in [1.807, 2.05) is 12.1 Å². The Morgan fingerprint density at radius 1 is 0.939 bits per heavy atom. The quantitative estimate of drug-likeness (QED) is 0.271. The Morgan fingerprint density at radius 3 is 2.55 bits per heavy atom. The maximum absolute atomic E-state index is 6.10. The minimum atomic E-state index is 0.333. The molecule has 2 N–H and O–H groups in total. The molecule has 0 aliphatic carbocycles. The molecule has 3 aromatic carbocycles. The van der Waals surface area contributed by atoms with Gasteiger partial charge in [-0.25, -0.2) is 4.98 Å². The number of amidine groups is 1. The molecule has 4 aromatic rings. The van der Waals surface area contributed by atoms with Crippen molar-refractivity contribution in [1.29, 1.82) is 0 Å². The first kappa shape index (κ1) is 22.5. The van der Waals surface area contributed by atoms with E-state index in [2.05, 4.69) is 70.2 Å². The Bertz CT molecular complexity index is 1230. The van der Waals surface area contributed by atoms with Gasteiger partial charge in [-0.05, 0) is 48.2 Å². The Hall–Kier alpha value is -2.25. The maximum atomic E-state index is 6.10. The molecular formula is C25H22Cl2N4S2. The predicted molar refractivity (Wildman–Crippen MR) is 146 cm³/mol. The summed E-state index contributed by atoms with van der Waals surface area (Å²) in [6, 6.07) is 23.1. The molecule has 1 atom stereocenters. The summed E-state index contributed by atoms with van der Waals surface area (Å²) in [7, 11) is 0. The van der Waals surface area contributed by atoms with Crippen molar-refractivity contribution in [3.05, 3.63) is 87.9 Å². The molecule has 8 heteroatoms. The van der Waals surface area contributed by atoms with E-state index < -0.39 is 0 Å². The number of nitrogens with one attached hydrogen (secondary N) is 2. The number of aromatic nitrogens is 1. The van der Waals surface area contributed by atoms with E-state index in [-0.39, 0.29) is 0 Å². The second-order valence-corrected chi connectivity index (χ2v) is 10.7. The van der Waals surface area contributed by atoms with Crippen molar-refractivity contribution in [3.63, 3.8) is 0 Å². The van der Waals surface area contributed by atoms with Crippen LogP contribution < -0.4 is 10.6 Å². The van der Waals surface area contributed by atoms with Gasteiger partial charge >= 0.3 is 0 Å². The van der Waals surface area contributed by atoms with Gasteiger partial charge in [0.15, 0.2) is 10.3 Å². The van der Waals surface area contributed by atoms with Crippen LogP contribution in [0.2, 0.25) is 10.0 Å². The molecule has 0 amide bonds. The van der Waals surface area contributed by atoms with Crippen molar-refractivity contribution in [3.8, 4) is 0 Å². The van der Waals surface area contributed by atoms with Gasteiger partial charge in [0.05, 0.1) is 26.3 Å². The molecule has 0 radical (unpaired) electrons. The molecule has 0 bridgehead atoms. The zero-order valence-corrected chi connectivity index (χ0v) is 20.9. The van der Waals surface area contributed by atoms with Gasteiger partial charge in [0.1, 0.15) is 0 Å². The summed E-state index contributed by atoms with van der Waals surface area (Å²) < 4.78 is 1.03. The monoisotopic (exact) mass is 512 g/mol. The number of hydrogen-bond acceptors (Lipinski definition) is 6. The van der Waals surface area contributed by atoms with Crippen LogP contribution in [0.25, 0.3) is 10.2 Å². The van der Waals surface area contributed by atoms with Crippen LogP contribution in [0.5, 0.6) is 0 Å². The fourth-order valence-corrected chi connectivity index (χ4v) is 5.92. The second-order valence-electron chi connectivity index (χ2n) is 7.84. The average Bonchev–Trinajstić information content (AvgIpc) is 3.42. The third-order valence-electron chi connectivity index (χ3n) is 5.35. The fourth-order valence-electron chi connectivity index (χ4n) is 3.67. The van der Waals surface area contributed by atoms with Crippen molar-refractivity contribution < 1.29 is 0 Å². The van der Waals surface area contributed by atoms with E-state index in [0.717, 1.165) is 51.3 Å². The molecule has 0 saturated carbocycles. The van der Waals surface area contributed by atoms with Gasteiger partial charge in [-0.3, -0.25) is 4.99 Å². The van der Waals surface area contributed by atoms with E-state index in [1.54, 1.807) is 23.1 Å². The number of aliphatic imine (C=N–C) groups is 1. The third-order valence-corrected chi connectivity index (χ3v) is 8.08. The van der Waals surface area contributed by atoms with E-state index >= 15 is 0 Å². The lowest BCUT2D eigenvalue weighted by molar-refractivity contribution is 0.762. The highest BCUT2D eigenvalue weighted by atomic mass is 35.5. The number of fused-ring (bicyclic) bond motifs is 1. The van der Waals surface area contributed by atoms with Crippen LogP contribution in [-0.2, 0) is 12.8 Å². The van der Waals surface area contributed by atoms with Gasteiger partial charge in [0.25, 0.3) is 0 Å². The van der Waals surface area contributed by atoms with Gasteiger partial charge in [0.2, 0.25) is 0 Å². The maximum Gasteiger partial charge on any atom is 0.183 e. The number of benzene rings is 3. The van der Waals surface area contributed by atoms with E-state index in [0.29, 0.717) is 16.1 Å². The lowest BCUT2D eigenvalue weighted by Crippen LogP contribution is -2.08. The number of anilines is 2. The summed E-state index contributed by atoms with van der Waals surface area (Å²) in [5, 5.41) is 9.83. The van der Waals surface area contributed by atoms with Crippen molar-refractivity contribution in [2.45, 2.75) is 18.9 Å². The number of nitrogens with zero attached hydrogens (tertiary/aromatic N) is 2. The predicted octanol–water partition coefficient (Wildman–Crippen LogP) is 7.38. The van der Waals surface area contributed by atoms with Crippen molar-refractivity contribution in [2.24, 2.45) is 4.99 Å². The molecule has 168 valence electrons. The number of rotatable bonds is 7. The topological polar surface area (TPSA) is 49.3 Å². The Kier molecular flexibility index (Phi) is 7.07. The van der Waals surface area contributed by atoms with Crippen LogP contribution in [0, 0.1) is 0 Å². The lowest BCUT2D eigenvalue weighted by atomic mass is 10.1. The largest absolute Gasteiger partial charge is 0.361 e. The molecule has 0 fully saturated rings. The molecule has 1 aliphatic rings. The fraction of sp³-hybridized carbons (Fsp3) is 0.200. The molecule has 0 saturated heterocycles. The standard InChI is InChI=1S/C25H22Cl2N4S2/c26-20-13-22-23(14-21(20)27)33-24(31-22)28-11-10-16-6-8-18(9-7-16)29-25-30-19(15-32-25)12-17-4-2-1-3-5-17/h1-9,13-14,19H,10-12,15H2,(H,28,31)(H,29,30)/t19-/m0/s1. The molecule has 33 heavy (non-hydrogen) atoms. The highest BCUT2D eigenvalue weighted by Gasteiger charge is 2.18. The van der Waals surface area contributed by atoms with E-state index in [1.165, 1.54) is 11.1 Å².